The van der Waals surface area contributed by atoms with Crippen LogP contribution in [0.4, 0.5) is 10.5 Å². The number of nitrogens with zero attached hydrogens (tertiary/aromatic N) is 4. The van der Waals surface area contributed by atoms with Crippen LogP contribution in [0.15, 0.2) is 54.3 Å². The molecule has 1 saturated heterocycles. The fourth-order valence-electron chi connectivity index (χ4n) is 4.40. The number of benzene rings is 1. The Bertz CT molecular complexity index is 2170. The number of imide groups is 1. The highest BCUT2D eigenvalue weighted by Gasteiger charge is 2.39. The number of aromatic nitrogens is 2. The molecule has 2 aliphatic rings. The van der Waals surface area contributed by atoms with E-state index in [1.807, 2.05) is 36.2 Å². The minimum Gasteiger partial charge on any atom is -0.480 e. The molecular weight excluding hydrogens is 641 g/mol. The molecule has 0 saturated carbocycles. The minimum atomic E-state index is -1.52. The van der Waals surface area contributed by atoms with Gasteiger partial charge in [0.2, 0.25) is 11.0 Å². The Morgan fingerprint density at radius 1 is 0.886 bits per heavy atom. The number of fused-ring (bicyclic) bond motifs is 1. The molecule has 4 heterocycles. The number of carbonyl (C=O) groups is 5. The Morgan fingerprint density at radius 2 is 1.52 bits per heavy atom. The first-order valence-corrected chi connectivity index (χ1v) is 14.8. The standard InChI is InChI=1S/C26H20N4O11S3/c1-11(7-14-27(2)12-5-3-4-6-13(12)42-14)19-22(38)29(9-16(33)34)25(43-19)18-21(37)28(8-15(31)32)24(41-18)20-23(39)30(10-17(35)36)26(40)44-20/h3-7H,8-10H2,1-2H3,(H,31,32)(H,33,34)(H,35,36)/b14-7?,19-11+,24-20+,25-18+. The normalized spacial score (nSPS) is 18.3. The van der Waals surface area contributed by atoms with Crippen molar-refractivity contribution in [1.29, 1.82) is 0 Å². The predicted molar refractivity (Wildman–Crippen MR) is 157 cm³/mol. The SMILES string of the molecule is C/C(C=C1Sc2ccccc2N1C)=c1\s/c(=c2/o/c(=C3/SC(=O)N(CC(=O)O)C3=O)n(CC(=O)O)c2=O)n(CC(=O)O)c1=O. The number of thioether (sulfide) groups is 2. The van der Waals surface area contributed by atoms with Gasteiger partial charge in [-0.25, -0.2) is 0 Å². The summed E-state index contributed by atoms with van der Waals surface area (Å²) < 4.78 is 6.80. The molecule has 15 nitrogen and oxygen atoms in total. The fourth-order valence-corrected chi connectivity index (χ4v) is 7.51. The first kappa shape index (κ1) is 30.6. The number of oxazole rings is 1. The van der Waals surface area contributed by atoms with E-state index in [0.717, 1.165) is 31.5 Å². The maximum absolute atomic E-state index is 13.5. The molecule has 1 fully saturated rings. The lowest BCUT2D eigenvalue weighted by molar-refractivity contribution is -0.140. The van der Waals surface area contributed by atoms with Crippen LogP contribution in [0.3, 0.4) is 0 Å². The molecule has 0 atom stereocenters. The van der Waals surface area contributed by atoms with Gasteiger partial charge in [-0.2, -0.15) is 0 Å². The Labute approximate surface area is 256 Å². The van der Waals surface area contributed by atoms with Crippen LogP contribution < -0.4 is 26.1 Å². The van der Waals surface area contributed by atoms with Gasteiger partial charge in [-0.05, 0) is 42.5 Å². The molecule has 0 bridgehead atoms. The number of para-hydroxylation sites is 1. The van der Waals surface area contributed by atoms with Crippen molar-refractivity contribution in [2.45, 2.75) is 24.9 Å². The van der Waals surface area contributed by atoms with Crippen LogP contribution in [0.25, 0.3) is 10.5 Å². The molecule has 0 aliphatic carbocycles. The highest BCUT2D eigenvalue weighted by Crippen LogP contribution is 2.45. The second-order valence-corrected chi connectivity index (χ2v) is 12.3. The van der Waals surface area contributed by atoms with Crippen LogP contribution in [-0.2, 0) is 32.3 Å². The summed E-state index contributed by atoms with van der Waals surface area (Å²) >= 11 is 2.43. The fraction of sp³-hybridized carbons (Fsp3) is 0.192. The van der Waals surface area contributed by atoms with Gasteiger partial charge in [-0.1, -0.05) is 23.9 Å². The molecule has 228 valence electrons. The average molecular weight is 661 g/mol. The second-order valence-electron chi connectivity index (χ2n) is 9.32. The van der Waals surface area contributed by atoms with Crippen LogP contribution >= 0.6 is 34.9 Å². The third-order valence-corrected chi connectivity index (χ3v) is 9.77. The van der Waals surface area contributed by atoms with Crippen molar-refractivity contribution in [2.24, 2.45) is 0 Å². The molecule has 44 heavy (non-hydrogen) atoms. The Balaban J connectivity index is 1.82. The maximum atomic E-state index is 13.5. The molecule has 0 radical (unpaired) electrons. The highest BCUT2D eigenvalue weighted by molar-refractivity contribution is 8.22. The van der Waals surface area contributed by atoms with Crippen molar-refractivity contribution in [3.63, 3.8) is 0 Å². The molecule has 1 aromatic carbocycles. The van der Waals surface area contributed by atoms with Crippen molar-refractivity contribution in [3.05, 3.63) is 76.2 Å². The molecule has 2 aliphatic heterocycles. The Morgan fingerprint density at radius 3 is 2.16 bits per heavy atom. The van der Waals surface area contributed by atoms with Crippen LogP contribution in [0.5, 0.6) is 0 Å². The third kappa shape index (κ3) is 5.49. The molecule has 0 unspecified atom stereocenters. The van der Waals surface area contributed by atoms with E-state index in [4.69, 9.17) is 9.52 Å². The van der Waals surface area contributed by atoms with Gasteiger partial charge >= 0.3 is 17.9 Å². The number of hydrogen-bond acceptors (Lipinski definition) is 12. The van der Waals surface area contributed by atoms with E-state index in [1.165, 1.54) is 11.8 Å². The third-order valence-electron chi connectivity index (χ3n) is 6.35. The summed E-state index contributed by atoms with van der Waals surface area (Å²) in [5.41, 5.74) is -1.77. The molecule has 5 rings (SSSR count). The zero-order valence-corrected chi connectivity index (χ0v) is 25.1. The van der Waals surface area contributed by atoms with E-state index < -0.39 is 75.7 Å². The number of allylic oxidation sites excluding steroid dienone is 1. The first-order chi connectivity index (χ1) is 20.8. The zero-order chi connectivity index (χ0) is 32.0. The first-order valence-electron chi connectivity index (χ1n) is 12.4. The van der Waals surface area contributed by atoms with Crippen molar-refractivity contribution in [2.75, 3.05) is 18.5 Å². The highest BCUT2D eigenvalue weighted by atomic mass is 32.2. The zero-order valence-electron chi connectivity index (χ0n) is 22.6. The van der Waals surface area contributed by atoms with Crippen LogP contribution in [0, 0.1) is 10.1 Å². The van der Waals surface area contributed by atoms with Gasteiger partial charge in [0.1, 0.15) is 29.2 Å². The molecule has 18 heteroatoms. The quantitative estimate of drug-likeness (QED) is 0.311. The lowest BCUT2D eigenvalue weighted by Gasteiger charge is -2.13. The number of hydrogen-bond donors (Lipinski definition) is 3. The molecule has 2 aromatic heterocycles. The minimum absolute atomic E-state index is 0.0719. The van der Waals surface area contributed by atoms with Crippen molar-refractivity contribution >= 4 is 80.1 Å². The molecule has 3 aromatic rings. The van der Waals surface area contributed by atoms with Gasteiger partial charge < -0.3 is 24.6 Å². The van der Waals surface area contributed by atoms with E-state index in [2.05, 4.69) is 0 Å². The summed E-state index contributed by atoms with van der Waals surface area (Å²) in [5, 5.41) is 27.8. The molecule has 3 N–H and O–H groups in total. The topological polar surface area (TPSA) is 210 Å². The van der Waals surface area contributed by atoms with Gasteiger partial charge in [-0.3, -0.25) is 47.6 Å². The number of carboxylic acid groups (broad SMARTS) is 3. The van der Waals surface area contributed by atoms with Gasteiger partial charge in [0.05, 0.1) is 15.2 Å². The summed E-state index contributed by atoms with van der Waals surface area (Å²) in [6.07, 6.45) is 1.73. The molecule has 0 spiro atoms. The maximum Gasteiger partial charge on any atom is 0.323 e. The second kappa shape index (κ2) is 11.7. The Hall–Kier alpha value is -4.81. The number of amides is 2. The number of carboxylic acids is 3. The number of anilines is 1. The summed E-state index contributed by atoms with van der Waals surface area (Å²) in [4.78, 5) is 89.5. The van der Waals surface area contributed by atoms with Gasteiger partial charge in [0.25, 0.3) is 22.3 Å². The van der Waals surface area contributed by atoms with Crippen molar-refractivity contribution in [3.8, 4) is 0 Å². The summed E-state index contributed by atoms with van der Waals surface area (Å²) in [6, 6.07) is 7.64. The van der Waals surface area contributed by atoms with E-state index in [9.17, 15) is 43.8 Å². The van der Waals surface area contributed by atoms with Crippen molar-refractivity contribution < 1.29 is 43.7 Å². The lowest BCUT2D eigenvalue weighted by Crippen LogP contribution is -2.36. The average Bonchev–Trinajstić information content (AvgIpc) is 3.63. The van der Waals surface area contributed by atoms with Gasteiger partial charge in [0.15, 0.2) is 0 Å². The number of carbonyl (C=O) groups excluding carboxylic acids is 2. The van der Waals surface area contributed by atoms with Crippen LogP contribution in [-0.4, -0.2) is 72.0 Å². The molecule has 2 amide bonds. The van der Waals surface area contributed by atoms with E-state index >= 15 is 0 Å². The summed E-state index contributed by atoms with van der Waals surface area (Å²) in [6.45, 7) is -1.25. The largest absolute Gasteiger partial charge is 0.480 e. The van der Waals surface area contributed by atoms with Crippen LogP contribution in [0.1, 0.15) is 6.92 Å². The number of thiazole rings is 1. The van der Waals surface area contributed by atoms with Gasteiger partial charge in [0, 0.05) is 11.9 Å². The summed E-state index contributed by atoms with van der Waals surface area (Å²) in [5.74, 6) is -5.56. The lowest BCUT2D eigenvalue weighted by atomic mass is 10.3. The van der Waals surface area contributed by atoms with E-state index in [-0.39, 0.29) is 21.0 Å². The van der Waals surface area contributed by atoms with E-state index in [0.29, 0.717) is 15.0 Å². The van der Waals surface area contributed by atoms with Crippen molar-refractivity contribution in [1.82, 2.24) is 14.0 Å². The Kier molecular flexibility index (Phi) is 8.15. The smallest absolute Gasteiger partial charge is 0.323 e. The number of aliphatic carboxylic acids is 3. The predicted octanol–water partition coefficient (Wildman–Crippen LogP) is 0.263. The van der Waals surface area contributed by atoms with Crippen LogP contribution in [0.2, 0.25) is 0 Å². The monoisotopic (exact) mass is 660 g/mol. The molecular formula is C26H20N4O11S3. The van der Waals surface area contributed by atoms with E-state index in [1.54, 1.807) is 13.0 Å². The number of rotatable bonds is 7. The van der Waals surface area contributed by atoms with Gasteiger partial charge in [-0.15, -0.1) is 11.3 Å². The summed E-state index contributed by atoms with van der Waals surface area (Å²) in [7, 11) is 1.85.